The summed E-state index contributed by atoms with van der Waals surface area (Å²) in [5.41, 5.74) is 0. The van der Waals surface area contributed by atoms with E-state index in [2.05, 4.69) is 48.6 Å². The van der Waals surface area contributed by atoms with Crippen molar-refractivity contribution in [1.82, 2.24) is 20.4 Å². The zero-order valence-corrected chi connectivity index (χ0v) is 19.7. The van der Waals surface area contributed by atoms with Gasteiger partial charge >= 0.3 is 0 Å². The third kappa shape index (κ3) is 6.43. The van der Waals surface area contributed by atoms with Crippen LogP contribution < -0.4 is 10.6 Å². The van der Waals surface area contributed by atoms with Crippen LogP contribution in [0.5, 0.6) is 0 Å². The monoisotopic (exact) mass is 420 g/mol. The summed E-state index contributed by atoms with van der Waals surface area (Å²) in [7, 11) is 8.58. The zero-order valence-electron chi connectivity index (χ0n) is 19.7. The molecule has 3 aliphatic rings. The number of hydrogen-bond acceptors (Lipinski definition) is 4. The standard InChI is InChI=1S/C24H44N4O2/c1-27(2)21-13-9-19(10-14-21)25-23(29)17-5-7-18(8-6-17)24(30)26-20-11-15-22(16-12-20)28(3)4/h17-22H,5-16H2,1-4H3,(H,25,29)(H,26,30). The summed E-state index contributed by atoms with van der Waals surface area (Å²) in [5, 5.41) is 6.62. The van der Waals surface area contributed by atoms with E-state index < -0.39 is 0 Å². The van der Waals surface area contributed by atoms with Gasteiger partial charge in [0, 0.05) is 36.0 Å². The summed E-state index contributed by atoms with van der Waals surface area (Å²) in [6.07, 6.45) is 12.4. The Morgan fingerprint density at radius 2 is 0.833 bits per heavy atom. The Morgan fingerprint density at radius 1 is 0.533 bits per heavy atom. The van der Waals surface area contributed by atoms with Gasteiger partial charge in [-0.25, -0.2) is 0 Å². The second-order valence-corrected chi connectivity index (χ2v) is 10.5. The lowest BCUT2D eigenvalue weighted by molar-refractivity contribution is -0.131. The largest absolute Gasteiger partial charge is 0.353 e. The molecule has 0 aliphatic heterocycles. The Kier molecular flexibility index (Phi) is 8.58. The highest BCUT2D eigenvalue weighted by Gasteiger charge is 2.33. The number of nitrogens with zero attached hydrogens (tertiary/aromatic N) is 2. The van der Waals surface area contributed by atoms with Gasteiger partial charge in [0.2, 0.25) is 11.8 Å². The number of carbonyl (C=O) groups excluding carboxylic acids is 2. The molecule has 2 amide bonds. The SMILES string of the molecule is CN(C)C1CCC(NC(=O)C2CCC(C(=O)NC3CCC(N(C)C)CC3)CC2)CC1. The lowest BCUT2D eigenvalue weighted by Gasteiger charge is -2.35. The molecule has 0 atom stereocenters. The number of carbonyl (C=O) groups is 2. The van der Waals surface area contributed by atoms with Crippen molar-refractivity contribution in [3.63, 3.8) is 0 Å². The van der Waals surface area contributed by atoms with Crippen LogP contribution in [0.2, 0.25) is 0 Å². The molecule has 6 nitrogen and oxygen atoms in total. The molecule has 0 saturated heterocycles. The van der Waals surface area contributed by atoms with E-state index in [1.54, 1.807) is 0 Å². The molecule has 0 bridgehead atoms. The fourth-order valence-corrected chi connectivity index (χ4v) is 5.73. The summed E-state index contributed by atoms with van der Waals surface area (Å²) >= 11 is 0. The smallest absolute Gasteiger partial charge is 0.223 e. The van der Waals surface area contributed by atoms with Gasteiger partial charge in [0.25, 0.3) is 0 Å². The van der Waals surface area contributed by atoms with Gasteiger partial charge < -0.3 is 20.4 Å². The van der Waals surface area contributed by atoms with Crippen LogP contribution in [0.15, 0.2) is 0 Å². The van der Waals surface area contributed by atoms with Crippen molar-refractivity contribution >= 4 is 11.8 Å². The van der Waals surface area contributed by atoms with Crippen molar-refractivity contribution in [2.24, 2.45) is 11.8 Å². The third-order valence-corrected chi connectivity index (χ3v) is 8.02. The molecule has 3 saturated carbocycles. The molecule has 3 rings (SSSR count). The molecule has 0 aromatic rings. The van der Waals surface area contributed by atoms with Gasteiger partial charge in [-0.15, -0.1) is 0 Å². The molecule has 0 aromatic carbocycles. The molecule has 3 aliphatic carbocycles. The summed E-state index contributed by atoms with van der Waals surface area (Å²) in [5.74, 6) is 0.639. The van der Waals surface area contributed by atoms with Crippen LogP contribution in [0.4, 0.5) is 0 Å². The summed E-state index contributed by atoms with van der Waals surface area (Å²) in [4.78, 5) is 30.1. The van der Waals surface area contributed by atoms with E-state index in [9.17, 15) is 9.59 Å². The molecule has 30 heavy (non-hydrogen) atoms. The topological polar surface area (TPSA) is 64.7 Å². The maximum absolute atomic E-state index is 12.7. The highest BCUT2D eigenvalue weighted by atomic mass is 16.2. The van der Waals surface area contributed by atoms with E-state index in [1.807, 2.05) is 0 Å². The Balaban J connectivity index is 1.34. The predicted molar refractivity (Wildman–Crippen MR) is 121 cm³/mol. The average molecular weight is 421 g/mol. The van der Waals surface area contributed by atoms with Gasteiger partial charge in [0.1, 0.15) is 0 Å². The van der Waals surface area contributed by atoms with Crippen LogP contribution in [-0.4, -0.2) is 74.0 Å². The number of hydrogen-bond donors (Lipinski definition) is 2. The second kappa shape index (κ2) is 10.9. The van der Waals surface area contributed by atoms with Crippen molar-refractivity contribution in [1.29, 1.82) is 0 Å². The van der Waals surface area contributed by atoms with Crippen LogP contribution in [0, 0.1) is 11.8 Å². The summed E-state index contributed by atoms with van der Waals surface area (Å²) < 4.78 is 0. The lowest BCUT2D eigenvalue weighted by atomic mass is 9.80. The van der Waals surface area contributed by atoms with Gasteiger partial charge in [0.05, 0.1) is 0 Å². The van der Waals surface area contributed by atoms with Crippen molar-refractivity contribution in [3.05, 3.63) is 0 Å². The van der Waals surface area contributed by atoms with Crippen molar-refractivity contribution in [2.45, 2.75) is 101 Å². The Bertz CT molecular complexity index is 506. The van der Waals surface area contributed by atoms with E-state index in [0.29, 0.717) is 24.2 Å². The molecule has 0 unspecified atom stereocenters. The number of amides is 2. The first-order valence-electron chi connectivity index (χ1n) is 12.3. The first-order chi connectivity index (χ1) is 14.3. The van der Waals surface area contributed by atoms with Gasteiger partial charge in [-0.1, -0.05) is 0 Å². The minimum Gasteiger partial charge on any atom is -0.353 e. The second-order valence-electron chi connectivity index (χ2n) is 10.5. The lowest BCUT2D eigenvalue weighted by Crippen LogP contribution is -2.46. The molecule has 0 spiro atoms. The zero-order chi connectivity index (χ0) is 21.7. The Labute approximate surface area is 183 Å². The van der Waals surface area contributed by atoms with Gasteiger partial charge in [-0.2, -0.15) is 0 Å². The van der Waals surface area contributed by atoms with Gasteiger partial charge in [0.15, 0.2) is 0 Å². The molecule has 3 fully saturated rings. The molecular formula is C24H44N4O2. The molecule has 0 heterocycles. The molecule has 0 aromatic heterocycles. The third-order valence-electron chi connectivity index (χ3n) is 8.02. The fourth-order valence-electron chi connectivity index (χ4n) is 5.73. The highest BCUT2D eigenvalue weighted by Crippen LogP contribution is 2.31. The van der Waals surface area contributed by atoms with Crippen LogP contribution in [0.1, 0.15) is 77.0 Å². The van der Waals surface area contributed by atoms with Crippen molar-refractivity contribution < 1.29 is 9.59 Å². The van der Waals surface area contributed by atoms with Crippen LogP contribution in [0.3, 0.4) is 0 Å². The normalized spacial score (nSPS) is 35.3. The van der Waals surface area contributed by atoms with Crippen LogP contribution >= 0.6 is 0 Å². The van der Waals surface area contributed by atoms with Gasteiger partial charge in [-0.3, -0.25) is 9.59 Å². The van der Waals surface area contributed by atoms with Crippen molar-refractivity contribution in [2.75, 3.05) is 28.2 Å². The van der Waals surface area contributed by atoms with E-state index in [4.69, 9.17) is 0 Å². The number of nitrogens with one attached hydrogen (secondary N) is 2. The minimum atomic E-state index is 0.0937. The van der Waals surface area contributed by atoms with Gasteiger partial charge in [-0.05, 0) is 105 Å². The fraction of sp³-hybridized carbons (Fsp3) is 0.917. The van der Waals surface area contributed by atoms with Crippen molar-refractivity contribution in [3.8, 4) is 0 Å². The quantitative estimate of drug-likeness (QED) is 0.694. The molecule has 6 heteroatoms. The summed E-state index contributed by atoms with van der Waals surface area (Å²) in [6.45, 7) is 0. The molecule has 2 N–H and O–H groups in total. The maximum Gasteiger partial charge on any atom is 0.223 e. The van der Waals surface area contributed by atoms with E-state index in [0.717, 1.165) is 51.4 Å². The first-order valence-corrected chi connectivity index (χ1v) is 12.3. The Morgan fingerprint density at radius 3 is 1.10 bits per heavy atom. The van der Waals surface area contributed by atoms with E-state index in [-0.39, 0.29) is 23.7 Å². The highest BCUT2D eigenvalue weighted by molar-refractivity contribution is 5.81. The van der Waals surface area contributed by atoms with Crippen LogP contribution in [-0.2, 0) is 9.59 Å². The average Bonchev–Trinajstić information content (AvgIpc) is 2.74. The van der Waals surface area contributed by atoms with E-state index >= 15 is 0 Å². The molecular weight excluding hydrogens is 376 g/mol. The predicted octanol–water partition coefficient (Wildman–Crippen LogP) is 2.77. The minimum absolute atomic E-state index is 0.0937. The molecule has 0 radical (unpaired) electrons. The first kappa shape index (κ1) is 23.5. The Hall–Kier alpha value is -1.14. The van der Waals surface area contributed by atoms with Crippen LogP contribution in [0.25, 0.3) is 0 Å². The van der Waals surface area contributed by atoms with E-state index in [1.165, 1.54) is 25.7 Å². The number of rotatable bonds is 6. The maximum atomic E-state index is 12.7. The summed E-state index contributed by atoms with van der Waals surface area (Å²) in [6, 6.07) is 1.99. The molecule has 172 valence electrons.